The topological polar surface area (TPSA) is 95.9 Å². The molecule has 0 spiro atoms. The van der Waals surface area contributed by atoms with Crippen LogP contribution in [0.3, 0.4) is 0 Å². The molecule has 1 aromatic carbocycles. The lowest BCUT2D eigenvalue weighted by Gasteiger charge is -2.32. The molecule has 0 radical (unpaired) electrons. The molecule has 7 nitrogen and oxygen atoms in total. The molecule has 0 bridgehead atoms. The van der Waals surface area contributed by atoms with Crippen molar-refractivity contribution in [1.82, 2.24) is 5.32 Å². The monoisotopic (exact) mass is 318 g/mol. The molecule has 122 valence electrons. The van der Waals surface area contributed by atoms with Crippen LogP contribution in [0.25, 0.3) is 0 Å². The van der Waals surface area contributed by atoms with E-state index in [9.17, 15) is 14.4 Å². The summed E-state index contributed by atoms with van der Waals surface area (Å²) in [5, 5.41) is 11.7. The number of nitrogens with one attached hydrogen (secondary N) is 1. The molecule has 0 aromatic heterocycles. The number of carboxylic acids is 1. The highest BCUT2D eigenvalue weighted by atomic mass is 16.5. The van der Waals surface area contributed by atoms with Gasteiger partial charge < -0.3 is 15.2 Å². The highest BCUT2D eigenvalue weighted by Crippen LogP contribution is 2.45. The minimum absolute atomic E-state index is 0.0941. The SMILES string of the molecule is CC1Oc2ccccc2N(CC(=O)NCC2(C(=O)O)CC2)C1=O. The van der Waals surface area contributed by atoms with Gasteiger partial charge in [-0.05, 0) is 31.9 Å². The summed E-state index contributed by atoms with van der Waals surface area (Å²) in [7, 11) is 0. The minimum Gasteiger partial charge on any atom is -0.481 e. The van der Waals surface area contributed by atoms with Gasteiger partial charge in [0.25, 0.3) is 5.91 Å². The average Bonchev–Trinajstić information content (AvgIpc) is 3.31. The molecular formula is C16H18N2O5. The smallest absolute Gasteiger partial charge is 0.311 e. The molecule has 1 aliphatic heterocycles. The van der Waals surface area contributed by atoms with Gasteiger partial charge in [0.2, 0.25) is 5.91 Å². The summed E-state index contributed by atoms with van der Waals surface area (Å²) in [6.07, 6.45) is 0.476. The van der Waals surface area contributed by atoms with E-state index in [2.05, 4.69) is 5.32 Å². The van der Waals surface area contributed by atoms with Crippen molar-refractivity contribution in [2.24, 2.45) is 5.41 Å². The summed E-state index contributed by atoms with van der Waals surface area (Å²) in [4.78, 5) is 36.9. The first-order chi connectivity index (χ1) is 10.9. The number of aliphatic carboxylic acids is 1. The molecule has 0 saturated heterocycles. The fraction of sp³-hybridized carbons (Fsp3) is 0.438. The van der Waals surface area contributed by atoms with E-state index in [1.165, 1.54) is 4.90 Å². The van der Waals surface area contributed by atoms with Crippen molar-refractivity contribution in [1.29, 1.82) is 0 Å². The van der Waals surface area contributed by atoms with Gasteiger partial charge >= 0.3 is 5.97 Å². The van der Waals surface area contributed by atoms with Crippen molar-refractivity contribution < 1.29 is 24.2 Å². The molecular weight excluding hydrogens is 300 g/mol. The Hall–Kier alpha value is -2.57. The van der Waals surface area contributed by atoms with E-state index in [1.54, 1.807) is 31.2 Å². The Labute approximate surface area is 133 Å². The molecule has 1 aliphatic carbocycles. The van der Waals surface area contributed by atoms with Gasteiger partial charge in [-0.2, -0.15) is 0 Å². The maximum atomic E-state index is 12.3. The van der Waals surface area contributed by atoms with Crippen molar-refractivity contribution in [2.75, 3.05) is 18.0 Å². The molecule has 1 aromatic rings. The summed E-state index contributed by atoms with van der Waals surface area (Å²) >= 11 is 0. The predicted molar refractivity (Wildman–Crippen MR) is 81.2 cm³/mol. The number of rotatable bonds is 5. The second-order valence-electron chi connectivity index (χ2n) is 6.01. The Morgan fingerprint density at radius 3 is 2.74 bits per heavy atom. The van der Waals surface area contributed by atoms with E-state index in [0.29, 0.717) is 24.3 Å². The first-order valence-corrected chi connectivity index (χ1v) is 7.50. The zero-order valence-corrected chi connectivity index (χ0v) is 12.7. The van der Waals surface area contributed by atoms with Gasteiger partial charge in [-0.1, -0.05) is 12.1 Å². The quantitative estimate of drug-likeness (QED) is 0.836. The second kappa shape index (κ2) is 5.57. The first-order valence-electron chi connectivity index (χ1n) is 7.50. The molecule has 23 heavy (non-hydrogen) atoms. The van der Waals surface area contributed by atoms with Crippen LogP contribution in [0.15, 0.2) is 24.3 Å². The largest absolute Gasteiger partial charge is 0.481 e. The van der Waals surface area contributed by atoms with Crippen molar-refractivity contribution in [2.45, 2.75) is 25.9 Å². The normalized spacial score (nSPS) is 21.2. The summed E-state index contributed by atoms with van der Waals surface area (Å²) in [5.74, 6) is -1.01. The van der Waals surface area contributed by atoms with Gasteiger partial charge in [0, 0.05) is 6.54 Å². The molecule has 7 heteroatoms. The maximum absolute atomic E-state index is 12.3. The van der Waals surface area contributed by atoms with E-state index >= 15 is 0 Å². The predicted octanol–water partition coefficient (Wildman–Crippen LogP) is 0.781. The van der Waals surface area contributed by atoms with Crippen LogP contribution in [0, 0.1) is 5.41 Å². The van der Waals surface area contributed by atoms with E-state index in [1.807, 2.05) is 0 Å². The zero-order valence-electron chi connectivity index (χ0n) is 12.7. The molecule has 1 heterocycles. The van der Waals surface area contributed by atoms with Crippen molar-refractivity contribution >= 4 is 23.5 Å². The number of anilines is 1. The summed E-state index contributed by atoms with van der Waals surface area (Å²) in [5.41, 5.74) is -0.277. The lowest BCUT2D eigenvalue weighted by Crippen LogP contribution is -2.49. The molecule has 3 rings (SSSR count). The molecule has 1 atom stereocenters. The lowest BCUT2D eigenvalue weighted by molar-refractivity contribution is -0.143. The van der Waals surface area contributed by atoms with Gasteiger partial charge in [-0.15, -0.1) is 0 Å². The van der Waals surface area contributed by atoms with Crippen LogP contribution in [0.2, 0.25) is 0 Å². The number of hydrogen-bond donors (Lipinski definition) is 2. The number of ether oxygens (including phenoxy) is 1. The Bertz CT molecular complexity index is 668. The van der Waals surface area contributed by atoms with E-state index in [4.69, 9.17) is 9.84 Å². The van der Waals surface area contributed by atoms with Crippen LogP contribution in [-0.2, 0) is 14.4 Å². The standard InChI is InChI=1S/C16H18N2O5/c1-10-14(20)18(11-4-2-3-5-12(11)23-10)8-13(19)17-9-16(6-7-16)15(21)22/h2-5,10H,6-9H2,1H3,(H,17,19)(H,21,22). The van der Waals surface area contributed by atoms with Crippen molar-refractivity contribution in [3.05, 3.63) is 24.3 Å². The lowest BCUT2D eigenvalue weighted by atomic mass is 10.1. The first kappa shape index (κ1) is 15.3. The van der Waals surface area contributed by atoms with Gasteiger partial charge in [-0.25, -0.2) is 0 Å². The van der Waals surface area contributed by atoms with Crippen molar-refractivity contribution in [3.8, 4) is 5.75 Å². The number of carbonyl (C=O) groups excluding carboxylic acids is 2. The van der Waals surface area contributed by atoms with E-state index in [0.717, 1.165) is 0 Å². The third kappa shape index (κ3) is 2.86. The Kier molecular flexibility index (Phi) is 3.71. The third-order valence-corrected chi connectivity index (χ3v) is 4.31. The number of benzene rings is 1. The van der Waals surface area contributed by atoms with Crippen LogP contribution in [0.1, 0.15) is 19.8 Å². The summed E-state index contributed by atoms with van der Waals surface area (Å²) in [6.45, 7) is 1.57. The Balaban J connectivity index is 1.68. The Morgan fingerprint density at radius 1 is 1.39 bits per heavy atom. The van der Waals surface area contributed by atoms with Crippen LogP contribution in [0.4, 0.5) is 5.69 Å². The molecule has 2 amide bonds. The minimum atomic E-state index is -0.890. The molecule has 1 saturated carbocycles. The fourth-order valence-corrected chi connectivity index (χ4v) is 2.61. The maximum Gasteiger partial charge on any atom is 0.311 e. The fourth-order valence-electron chi connectivity index (χ4n) is 2.61. The number of fused-ring (bicyclic) bond motifs is 1. The van der Waals surface area contributed by atoms with Gasteiger partial charge in [-0.3, -0.25) is 19.3 Å². The van der Waals surface area contributed by atoms with Gasteiger partial charge in [0.1, 0.15) is 12.3 Å². The number of nitrogens with zero attached hydrogens (tertiary/aromatic N) is 1. The van der Waals surface area contributed by atoms with Crippen LogP contribution in [0.5, 0.6) is 5.75 Å². The second-order valence-corrected chi connectivity index (χ2v) is 6.01. The van der Waals surface area contributed by atoms with Gasteiger partial charge in [0.05, 0.1) is 11.1 Å². The number of amides is 2. The highest BCUT2D eigenvalue weighted by molar-refractivity contribution is 6.03. The summed E-state index contributed by atoms with van der Waals surface area (Å²) in [6, 6.07) is 7.02. The number of carbonyl (C=O) groups is 3. The number of para-hydroxylation sites is 2. The molecule has 2 aliphatic rings. The summed E-state index contributed by atoms with van der Waals surface area (Å²) < 4.78 is 5.51. The van der Waals surface area contributed by atoms with Gasteiger partial charge in [0.15, 0.2) is 6.10 Å². The number of hydrogen-bond acceptors (Lipinski definition) is 4. The van der Waals surface area contributed by atoms with E-state index < -0.39 is 17.5 Å². The highest BCUT2D eigenvalue weighted by Gasteiger charge is 2.50. The van der Waals surface area contributed by atoms with Crippen molar-refractivity contribution in [3.63, 3.8) is 0 Å². The average molecular weight is 318 g/mol. The Morgan fingerprint density at radius 2 is 2.09 bits per heavy atom. The van der Waals surface area contributed by atoms with Crippen LogP contribution in [-0.4, -0.2) is 42.1 Å². The van der Waals surface area contributed by atoms with E-state index in [-0.39, 0.29) is 24.9 Å². The number of carboxylic acid groups (broad SMARTS) is 1. The third-order valence-electron chi connectivity index (χ3n) is 4.31. The molecule has 1 fully saturated rings. The molecule has 2 N–H and O–H groups in total. The van der Waals surface area contributed by atoms with Crippen LogP contribution >= 0.6 is 0 Å². The molecule has 1 unspecified atom stereocenters. The zero-order chi connectivity index (χ0) is 16.6. The van der Waals surface area contributed by atoms with Crippen LogP contribution < -0.4 is 15.0 Å².